The second kappa shape index (κ2) is 3.72. The van der Waals surface area contributed by atoms with Crippen LogP contribution >= 0.6 is 15.9 Å². The van der Waals surface area contributed by atoms with Crippen LogP contribution in [0.1, 0.15) is 52.7 Å². The van der Waals surface area contributed by atoms with Crippen molar-refractivity contribution in [1.82, 2.24) is 0 Å². The predicted molar refractivity (Wildman–Crippen MR) is 85.4 cm³/mol. The van der Waals surface area contributed by atoms with Gasteiger partial charge in [-0.15, -0.1) is 0 Å². The molecule has 1 aromatic rings. The first kappa shape index (κ1) is 14.8. The van der Waals surface area contributed by atoms with Gasteiger partial charge in [0.25, 0.3) is 0 Å². The van der Waals surface area contributed by atoms with Gasteiger partial charge in [-0.25, -0.2) is 0 Å². The van der Waals surface area contributed by atoms with Gasteiger partial charge in [-0.3, -0.25) is 0 Å². The van der Waals surface area contributed by atoms with Crippen LogP contribution in [0, 0.1) is 5.41 Å². The number of nitrogens with two attached hydrogens (primary N) is 1. The van der Waals surface area contributed by atoms with Crippen LogP contribution in [0.25, 0.3) is 0 Å². The highest BCUT2D eigenvalue weighted by Crippen LogP contribution is 2.64. The van der Waals surface area contributed by atoms with Gasteiger partial charge in [-0.05, 0) is 37.7 Å². The highest BCUT2D eigenvalue weighted by molar-refractivity contribution is 9.10. The number of phenols is 1. The van der Waals surface area contributed by atoms with E-state index in [1.165, 1.54) is 0 Å². The van der Waals surface area contributed by atoms with Crippen molar-refractivity contribution in [2.75, 3.05) is 5.73 Å². The largest absolute Gasteiger partial charge is 0.505 e. The van der Waals surface area contributed by atoms with Crippen LogP contribution < -0.4 is 11.2 Å². The number of fused-ring (bicyclic) bond motifs is 1. The standard InChI is InChI=1S/C15H21BBrNO/c1-13(2)7-8(14(3,4)15(13,5)6)12(19)11(18)10(17)9(7)16/h19H,18H2,1-6H3. The summed E-state index contributed by atoms with van der Waals surface area (Å²) in [6.45, 7) is 13.1. The average molecular weight is 322 g/mol. The Hall–Kier alpha value is -0.635. The van der Waals surface area contributed by atoms with Gasteiger partial charge in [-0.1, -0.05) is 47.0 Å². The second-order valence-corrected chi connectivity index (χ2v) is 7.91. The molecule has 0 amide bonds. The van der Waals surface area contributed by atoms with E-state index in [1.807, 2.05) is 0 Å². The Balaban J connectivity index is 3.02. The minimum absolute atomic E-state index is 0.0544. The minimum atomic E-state index is -0.209. The molecular weight excluding hydrogens is 301 g/mol. The third-order valence-corrected chi connectivity index (χ3v) is 6.71. The number of anilines is 1. The van der Waals surface area contributed by atoms with Crippen molar-refractivity contribution < 1.29 is 5.11 Å². The van der Waals surface area contributed by atoms with E-state index in [9.17, 15) is 5.11 Å². The topological polar surface area (TPSA) is 46.2 Å². The van der Waals surface area contributed by atoms with E-state index < -0.39 is 0 Å². The van der Waals surface area contributed by atoms with Crippen molar-refractivity contribution in [1.29, 1.82) is 0 Å². The molecule has 0 aliphatic heterocycles. The number of nitrogen functional groups attached to an aromatic ring is 1. The maximum atomic E-state index is 10.5. The lowest BCUT2D eigenvalue weighted by atomic mass is 9.59. The maximum Gasteiger partial charge on any atom is 0.143 e. The highest BCUT2D eigenvalue weighted by Gasteiger charge is 2.58. The van der Waals surface area contributed by atoms with Gasteiger partial charge in [0.15, 0.2) is 0 Å². The van der Waals surface area contributed by atoms with Crippen molar-refractivity contribution in [3.05, 3.63) is 15.6 Å². The molecule has 2 nitrogen and oxygen atoms in total. The Kier molecular flexibility index (Phi) is 2.89. The number of phenolic OH excluding ortho intramolecular Hbond substituents is 1. The van der Waals surface area contributed by atoms with Crippen LogP contribution in [0.4, 0.5) is 5.69 Å². The van der Waals surface area contributed by atoms with Gasteiger partial charge in [0.1, 0.15) is 13.6 Å². The van der Waals surface area contributed by atoms with E-state index >= 15 is 0 Å². The summed E-state index contributed by atoms with van der Waals surface area (Å²) in [5.41, 5.74) is 8.45. The number of halogens is 1. The van der Waals surface area contributed by atoms with Gasteiger partial charge in [0.05, 0.1) is 5.69 Å². The molecule has 102 valence electrons. The first-order chi connectivity index (χ1) is 8.39. The molecule has 0 atom stereocenters. The SMILES string of the molecule is [B]c1c(Br)c(N)c(O)c2c1C(C)(C)C(C)(C)C2(C)C. The lowest BCUT2D eigenvalue weighted by Crippen LogP contribution is -2.43. The van der Waals surface area contributed by atoms with E-state index in [4.69, 9.17) is 13.6 Å². The van der Waals surface area contributed by atoms with Gasteiger partial charge in [0.2, 0.25) is 0 Å². The fraction of sp³-hybridized carbons (Fsp3) is 0.600. The molecular formula is C15H21BBrNO. The molecule has 3 N–H and O–H groups in total. The lowest BCUT2D eigenvalue weighted by molar-refractivity contribution is 0.124. The number of benzene rings is 1. The van der Waals surface area contributed by atoms with Gasteiger partial charge < -0.3 is 10.8 Å². The van der Waals surface area contributed by atoms with Gasteiger partial charge in [0, 0.05) is 10.0 Å². The normalized spacial score (nSPS) is 22.3. The molecule has 0 saturated carbocycles. The zero-order valence-electron chi connectivity index (χ0n) is 12.5. The summed E-state index contributed by atoms with van der Waals surface area (Å²) in [7, 11) is 6.28. The Bertz CT molecular complexity index is 527. The van der Waals surface area contributed by atoms with Crippen molar-refractivity contribution in [3.8, 4) is 5.75 Å². The van der Waals surface area contributed by atoms with Crippen molar-refractivity contribution in [2.24, 2.45) is 5.41 Å². The fourth-order valence-electron chi connectivity index (χ4n) is 3.41. The van der Waals surface area contributed by atoms with Crippen molar-refractivity contribution >= 4 is 34.9 Å². The van der Waals surface area contributed by atoms with Gasteiger partial charge in [-0.2, -0.15) is 0 Å². The first-order valence-corrected chi connectivity index (χ1v) is 7.28. The summed E-state index contributed by atoms with van der Waals surface area (Å²) < 4.78 is 0.602. The maximum absolute atomic E-state index is 10.5. The molecule has 0 spiro atoms. The van der Waals surface area contributed by atoms with Crippen LogP contribution in [0.5, 0.6) is 5.75 Å². The smallest absolute Gasteiger partial charge is 0.143 e. The molecule has 2 rings (SSSR count). The summed E-state index contributed by atoms with van der Waals surface area (Å²) >= 11 is 3.40. The molecule has 2 radical (unpaired) electrons. The fourth-order valence-corrected chi connectivity index (χ4v) is 3.80. The number of rotatable bonds is 0. The molecule has 0 aromatic heterocycles. The summed E-state index contributed by atoms with van der Waals surface area (Å²) in [6.07, 6.45) is 0. The minimum Gasteiger partial charge on any atom is -0.505 e. The number of hydrogen-bond donors (Lipinski definition) is 2. The van der Waals surface area contributed by atoms with Crippen LogP contribution in [0.3, 0.4) is 0 Å². The van der Waals surface area contributed by atoms with Crippen LogP contribution in [0.15, 0.2) is 4.47 Å². The molecule has 0 heterocycles. The molecule has 4 heteroatoms. The third-order valence-electron chi connectivity index (χ3n) is 5.86. The van der Waals surface area contributed by atoms with Crippen LogP contribution in [-0.4, -0.2) is 13.0 Å². The van der Waals surface area contributed by atoms with E-state index in [2.05, 4.69) is 57.5 Å². The second-order valence-electron chi connectivity index (χ2n) is 7.11. The van der Waals surface area contributed by atoms with E-state index in [0.717, 1.165) is 11.1 Å². The molecule has 1 aliphatic rings. The molecule has 0 bridgehead atoms. The van der Waals surface area contributed by atoms with E-state index in [0.29, 0.717) is 15.6 Å². The molecule has 0 fully saturated rings. The number of aromatic hydroxyl groups is 1. The first-order valence-electron chi connectivity index (χ1n) is 6.49. The quantitative estimate of drug-likeness (QED) is 0.438. The molecule has 0 unspecified atom stereocenters. The monoisotopic (exact) mass is 321 g/mol. The van der Waals surface area contributed by atoms with Gasteiger partial charge >= 0.3 is 0 Å². The highest BCUT2D eigenvalue weighted by atomic mass is 79.9. The summed E-state index contributed by atoms with van der Waals surface area (Å²) in [6, 6.07) is 0. The summed E-state index contributed by atoms with van der Waals surface area (Å²) in [4.78, 5) is 0. The third kappa shape index (κ3) is 1.44. The zero-order valence-corrected chi connectivity index (χ0v) is 14.1. The Morgan fingerprint density at radius 2 is 1.42 bits per heavy atom. The van der Waals surface area contributed by atoms with E-state index in [-0.39, 0.29) is 22.0 Å². The Labute approximate surface area is 125 Å². The van der Waals surface area contributed by atoms with Crippen LogP contribution in [0.2, 0.25) is 0 Å². The Morgan fingerprint density at radius 1 is 1.00 bits per heavy atom. The summed E-state index contributed by atoms with van der Waals surface area (Å²) in [5, 5.41) is 10.5. The molecule has 0 saturated heterocycles. The Morgan fingerprint density at radius 3 is 1.89 bits per heavy atom. The molecule has 19 heavy (non-hydrogen) atoms. The zero-order chi connectivity index (χ0) is 15.0. The van der Waals surface area contributed by atoms with Crippen molar-refractivity contribution in [3.63, 3.8) is 0 Å². The summed E-state index contributed by atoms with van der Waals surface area (Å²) in [5.74, 6) is 0.166. The predicted octanol–water partition coefficient (Wildman–Crippen LogP) is 3.13. The van der Waals surface area contributed by atoms with Crippen molar-refractivity contribution in [2.45, 2.75) is 52.4 Å². The van der Waals surface area contributed by atoms with E-state index in [1.54, 1.807) is 0 Å². The van der Waals surface area contributed by atoms with Crippen LogP contribution in [-0.2, 0) is 10.8 Å². The molecule has 1 aliphatic carbocycles. The lowest BCUT2D eigenvalue weighted by Gasteiger charge is -2.44. The number of hydrogen-bond acceptors (Lipinski definition) is 2. The average Bonchev–Trinajstić information content (AvgIpc) is 2.39. The molecule has 1 aromatic carbocycles.